The van der Waals surface area contributed by atoms with Gasteiger partial charge in [-0.3, -0.25) is 4.68 Å². The highest BCUT2D eigenvalue weighted by Crippen LogP contribution is 2.29. The molecule has 0 saturated heterocycles. The second-order valence-corrected chi connectivity index (χ2v) is 5.09. The van der Waals surface area contributed by atoms with Crippen molar-refractivity contribution in [3.8, 4) is 0 Å². The SMILES string of the molecule is CCCNC(c1cc(F)c(F)c(F)c1)c1c(Cl)cnn1C. The average molecular weight is 318 g/mol. The number of rotatable bonds is 5. The van der Waals surface area contributed by atoms with Gasteiger partial charge < -0.3 is 5.32 Å². The average Bonchev–Trinajstić information content (AvgIpc) is 2.77. The summed E-state index contributed by atoms with van der Waals surface area (Å²) in [6.07, 6.45) is 2.27. The van der Waals surface area contributed by atoms with Crippen molar-refractivity contribution in [2.45, 2.75) is 19.4 Å². The first-order valence-corrected chi connectivity index (χ1v) is 6.88. The van der Waals surface area contributed by atoms with Crippen LogP contribution in [-0.2, 0) is 7.05 Å². The summed E-state index contributed by atoms with van der Waals surface area (Å²) < 4.78 is 41.6. The number of aryl methyl sites for hydroxylation is 1. The van der Waals surface area contributed by atoms with Gasteiger partial charge >= 0.3 is 0 Å². The van der Waals surface area contributed by atoms with E-state index in [9.17, 15) is 13.2 Å². The smallest absolute Gasteiger partial charge is 0.194 e. The lowest BCUT2D eigenvalue weighted by atomic mass is 10.0. The molecule has 114 valence electrons. The highest BCUT2D eigenvalue weighted by molar-refractivity contribution is 6.31. The van der Waals surface area contributed by atoms with E-state index in [1.165, 1.54) is 10.9 Å². The summed E-state index contributed by atoms with van der Waals surface area (Å²) in [6.45, 7) is 2.56. The molecule has 7 heteroatoms. The summed E-state index contributed by atoms with van der Waals surface area (Å²) >= 11 is 6.09. The Morgan fingerprint density at radius 1 is 1.29 bits per heavy atom. The zero-order valence-electron chi connectivity index (χ0n) is 11.6. The topological polar surface area (TPSA) is 29.9 Å². The lowest BCUT2D eigenvalue weighted by Gasteiger charge is -2.20. The lowest BCUT2D eigenvalue weighted by Crippen LogP contribution is -2.26. The molecule has 0 aliphatic carbocycles. The number of aromatic nitrogens is 2. The Balaban J connectivity index is 2.51. The van der Waals surface area contributed by atoms with Gasteiger partial charge in [-0.1, -0.05) is 18.5 Å². The van der Waals surface area contributed by atoms with Gasteiger partial charge in [0.15, 0.2) is 17.5 Å². The molecule has 0 bridgehead atoms. The third-order valence-corrected chi connectivity index (χ3v) is 3.44. The molecule has 21 heavy (non-hydrogen) atoms. The van der Waals surface area contributed by atoms with E-state index >= 15 is 0 Å². The quantitative estimate of drug-likeness (QED) is 0.854. The van der Waals surface area contributed by atoms with Gasteiger partial charge in [0.1, 0.15) is 0 Å². The molecule has 0 aliphatic rings. The van der Waals surface area contributed by atoms with E-state index in [0.717, 1.165) is 18.6 Å². The van der Waals surface area contributed by atoms with Crippen LogP contribution in [0, 0.1) is 17.5 Å². The zero-order chi connectivity index (χ0) is 15.6. The molecule has 0 fully saturated rings. The Labute approximate surface area is 125 Å². The maximum absolute atomic E-state index is 13.5. The van der Waals surface area contributed by atoms with E-state index in [0.29, 0.717) is 17.3 Å². The highest BCUT2D eigenvalue weighted by atomic mass is 35.5. The summed E-state index contributed by atoms with van der Waals surface area (Å²) in [5, 5.41) is 7.53. The first kappa shape index (κ1) is 15.9. The minimum absolute atomic E-state index is 0.255. The zero-order valence-corrected chi connectivity index (χ0v) is 12.4. The van der Waals surface area contributed by atoms with Crippen molar-refractivity contribution in [3.05, 3.63) is 52.1 Å². The molecular weight excluding hydrogens is 303 g/mol. The first-order chi connectivity index (χ1) is 9.95. The van der Waals surface area contributed by atoms with E-state index in [4.69, 9.17) is 11.6 Å². The molecule has 1 aromatic carbocycles. The predicted octanol–water partition coefficient (Wildman–Crippen LogP) is 3.58. The lowest BCUT2D eigenvalue weighted by molar-refractivity contribution is 0.441. The van der Waals surface area contributed by atoms with Crippen LogP contribution >= 0.6 is 11.6 Å². The number of benzene rings is 1. The Kier molecular flexibility index (Phi) is 4.90. The molecule has 0 spiro atoms. The summed E-state index contributed by atoms with van der Waals surface area (Å²) in [4.78, 5) is 0. The van der Waals surface area contributed by atoms with Crippen molar-refractivity contribution >= 4 is 11.6 Å². The fraction of sp³-hybridized carbons (Fsp3) is 0.357. The first-order valence-electron chi connectivity index (χ1n) is 6.51. The summed E-state index contributed by atoms with van der Waals surface area (Å²) in [5.41, 5.74) is 0.820. The number of nitrogens with zero attached hydrogens (tertiary/aromatic N) is 2. The molecule has 1 N–H and O–H groups in total. The van der Waals surface area contributed by atoms with Crippen molar-refractivity contribution in [1.29, 1.82) is 0 Å². The molecule has 2 rings (SSSR count). The van der Waals surface area contributed by atoms with Gasteiger partial charge in [0.2, 0.25) is 0 Å². The van der Waals surface area contributed by atoms with Crippen LogP contribution in [0.3, 0.4) is 0 Å². The van der Waals surface area contributed by atoms with Crippen LogP contribution in [0.2, 0.25) is 5.02 Å². The molecule has 0 saturated carbocycles. The van der Waals surface area contributed by atoms with Crippen LogP contribution in [0.5, 0.6) is 0 Å². The van der Waals surface area contributed by atoms with Crippen molar-refractivity contribution in [3.63, 3.8) is 0 Å². The van der Waals surface area contributed by atoms with E-state index in [-0.39, 0.29) is 5.56 Å². The molecule has 1 unspecified atom stereocenters. The van der Waals surface area contributed by atoms with Crippen LogP contribution in [0.4, 0.5) is 13.2 Å². The minimum Gasteiger partial charge on any atom is -0.305 e. The Morgan fingerprint density at radius 2 is 1.90 bits per heavy atom. The minimum atomic E-state index is -1.48. The molecular formula is C14H15ClF3N3. The Bertz CT molecular complexity index is 600. The number of hydrogen-bond acceptors (Lipinski definition) is 2. The predicted molar refractivity (Wildman–Crippen MR) is 74.7 cm³/mol. The Hall–Kier alpha value is -1.53. The second kappa shape index (κ2) is 6.49. The molecule has 1 aromatic heterocycles. The van der Waals surface area contributed by atoms with Crippen molar-refractivity contribution in [1.82, 2.24) is 15.1 Å². The van der Waals surface area contributed by atoms with Crippen molar-refractivity contribution in [2.75, 3.05) is 6.54 Å². The monoisotopic (exact) mass is 317 g/mol. The summed E-state index contributed by atoms with van der Waals surface area (Å²) in [5.74, 6) is -3.94. The van der Waals surface area contributed by atoms with E-state index in [1.807, 2.05) is 6.92 Å². The van der Waals surface area contributed by atoms with Gasteiger partial charge in [-0.2, -0.15) is 5.10 Å². The largest absolute Gasteiger partial charge is 0.305 e. The Morgan fingerprint density at radius 3 is 2.38 bits per heavy atom. The maximum Gasteiger partial charge on any atom is 0.194 e. The van der Waals surface area contributed by atoms with Crippen LogP contribution < -0.4 is 5.32 Å². The third kappa shape index (κ3) is 3.22. The normalized spacial score (nSPS) is 12.7. The molecule has 1 atom stereocenters. The molecule has 2 aromatic rings. The van der Waals surface area contributed by atoms with E-state index in [2.05, 4.69) is 10.4 Å². The number of hydrogen-bond donors (Lipinski definition) is 1. The van der Waals surface area contributed by atoms with Crippen LogP contribution in [0.1, 0.15) is 30.6 Å². The molecule has 0 radical (unpaired) electrons. The van der Waals surface area contributed by atoms with Crippen LogP contribution in [0.15, 0.2) is 18.3 Å². The molecule has 0 aliphatic heterocycles. The highest BCUT2D eigenvalue weighted by Gasteiger charge is 2.23. The van der Waals surface area contributed by atoms with E-state index < -0.39 is 23.5 Å². The maximum atomic E-state index is 13.5. The standard InChI is InChI=1S/C14H15ClF3N3/c1-3-4-19-13(14-9(15)7-20-21(14)2)8-5-10(16)12(18)11(17)6-8/h5-7,13,19H,3-4H2,1-2H3. The number of halogens is 4. The van der Waals surface area contributed by atoms with Crippen molar-refractivity contribution < 1.29 is 13.2 Å². The van der Waals surface area contributed by atoms with Crippen LogP contribution in [0.25, 0.3) is 0 Å². The van der Waals surface area contributed by atoms with Gasteiger partial charge in [0, 0.05) is 7.05 Å². The molecule has 1 heterocycles. The van der Waals surface area contributed by atoms with Gasteiger partial charge in [-0.15, -0.1) is 0 Å². The third-order valence-electron chi connectivity index (χ3n) is 3.15. The fourth-order valence-electron chi connectivity index (χ4n) is 2.15. The second-order valence-electron chi connectivity index (χ2n) is 4.69. The van der Waals surface area contributed by atoms with Gasteiger partial charge in [-0.25, -0.2) is 13.2 Å². The summed E-state index contributed by atoms with van der Waals surface area (Å²) in [6, 6.07) is 1.36. The van der Waals surface area contributed by atoms with Gasteiger partial charge in [0.25, 0.3) is 0 Å². The molecule has 3 nitrogen and oxygen atoms in total. The van der Waals surface area contributed by atoms with E-state index in [1.54, 1.807) is 7.05 Å². The molecule has 0 amide bonds. The fourth-order valence-corrected chi connectivity index (χ4v) is 2.42. The van der Waals surface area contributed by atoms with Crippen LogP contribution in [-0.4, -0.2) is 16.3 Å². The van der Waals surface area contributed by atoms with Gasteiger partial charge in [0.05, 0.1) is 23.0 Å². The van der Waals surface area contributed by atoms with Crippen molar-refractivity contribution in [2.24, 2.45) is 7.05 Å². The number of nitrogens with one attached hydrogen (secondary N) is 1. The van der Waals surface area contributed by atoms with Gasteiger partial charge in [-0.05, 0) is 30.7 Å². The summed E-state index contributed by atoms with van der Waals surface area (Å²) in [7, 11) is 1.68.